The second-order valence-electron chi connectivity index (χ2n) is 7.49. The van der Waals surface area contributed by atoms with Crippen LogP contribution in [0.5, 0.6) is 0 Å². The molecule has 0 spiro atoms. The van der Waals surface area contributed by atoms with Gasteiger partial charge in [0.2, 0.25) is 0 Å². The number of nitrogens with one attached hydrogen (secondary N) is 2. The highest BCUT2D eigenvalue weighted by Crippen LogP contribution is 2.35. The van der Waals surface area contributed by atoms with Crippen molar-refractivity contribution in [3.63, 3.8) is 0 Å². The number of aromatic nitrogens is 1. The molecule has 0 unspecified atom stereocenters. The molecule has 4 rings (SSSR count). The van der Waals surface area contributed by atoms with E-state index in [1.165, 1.54) is 44.1 Å². The van der Waals surface area contributed by atoms with Crippen molar-refractivity contribution < 1.29 is 4.39 Å². The maximum absolute atomic E-state index is 14.6. The average molecular weight is 403 g/mol. The minimum Gasteiger partial charge on any atom is -0.359 e. The highest BCUT2D eigenvalue weighted by atomic mass is 35.5. The Morgan fingerprint density at radius 3 is 2.78 bits per heavy atom. The smallest absolute Gasteiger partial charge is 0.138 e. The first kappa shape index (κ1) is 18.7. The van der Waals surface area contributed by atoms with Gasteiger partial charge in [0.1, 0.15) is 5.82 Å². The Bertz CT molecular complexity index is 947. The molecule has 1 aliphatic rings. The fourth-order valence-electron chi connectivity index (χ4n) is 4.04. The first-order valence-electron chi connectivity index (χ1n) is 9.59. The molecule has 2 aromatic carbocycles. The molecule has 0 amide bonds. The van der Waals surface area contributed by atoms with Crippen molar-refractivity contribution in [2.45, 2.75) is 50.3 Å². The number of aryl methyl sites for hydroxylation is 1. The van der Waals surface area contributed by atoms with E-state index >= 15 is 0 Å². The molecule has 0 atom stereocenters. The van der Waals surface area contributed by atoms with Gasteiger partial charge in [-0.25, -0.2) is 4.39 Å². The van der Waals surface area contributed by atoms with Crippen LogP contribution in [0.1, 0.15) is 43.2 Å². The topological polar surface area (TPSA) is 27.8 Å². The van der Waals surface area contributed by atoms with Crippen LogP contribution in [-0.2, 0) is 6.42 Å². The third kappa shape index (κ3) is 4.12. The third-order valence-electron chi connectivity index (χ3n) is 5.50. The zero-order valence-electron chi connectivity index (χ0n) is 15.4. The molecule has 0 bridgehead atoms. The maximum atomic E-state index is 14.6. The number of halogens is 2. The Kier molecular flexibility index (Phi) is 5.65. The number of benzene rings is 2. The van der Waals surface area contributed by atoms with Gasteiger partial charge in [-0.3, -0.25) is 0 Å². The summed E-state index contributed by atoms with van der Waals surface area (Å²) in [6, 6.07) is 9.45. The molecular formula is C22H24ClFN2S. The first-order valence-corrected chi connectivity index (χ1v) is 10.8. The molecule has 1 fully saturated rings. The van der Waals surface area contributed by atoms with Crippen LogP contribution in [0.2, 0.25) is 5.02 Å². The fourth-order valence-corrected chi connectivity index (χ4v) is 5.03. The molecular weight excluding hydrogens is 379 g/mol. The Balaban J connectivity index is 1.46. The molecule has 1 saturated carbocycles. The van der Waals surface area contributed by atoms with Crippen molar-refractivity contribution >= 4 is 40.1 Å². The highest BCUT2D eigenvalue weighted by Gasteiger charge is 2.15. The molecule has 142 valence electrons. The van der Waals surface area contributed by atoms with E-state index in [9.17, 15) is 4.39 Å². The maximum Gasteiger partial charge on any atom is 0.138 e. The molecule has 3 aromatic rings. The van der Waals surface area contributed by atoms with Crippen molar-refractivity contribution in [2.24, 2.45) is 5.92 Å². The summed E-state index contributed by atoms with van der Waals surface area (Å²) in [6.07, 6.45) is 9.48. The van der Waals surface area contributed by atoms with Gasteiger partial charge < -0.3 is 9.71 Å². The Morgan fingerprint density at radius 2 is 2.00 bits per heavy atom. The molecule has 27 heavy (non-hydrogen) atoms. The number of hydrogen-bond acceptors (Lipinski definition) is 2. The summed E-state index contributed by atoms with van der Waals surface area (Å²) in [5.74, 6) is 0.557. The zero-order valence-corrected chi connectivity index (χ0v) is 17.0. The molecule has 0 saturated heterocycles. The molecule has 1 aliphatic carbocycles. The summed E-state index contributed by atoms with van der Waals surface area (Å²) in [4.78, 5) is 3.85. The normalized spacial score (nSPS) is 15.4. The number of fused-ring (bicyclic) bond motifs is 1. The number of anilines is 1. The number of hydrogen-bond donors (Lipinski definition) is 2. The SMILES string of the molecule is Cc1c[nH]c2c(NSc3ccc(CC4CCCCC4)cc3F)ccc(Cl)c12. The van der Waals surface area contributed by atoms with E-state index in [2.05, 4.69) is 15.8 Å². The molecule has 0 radical (unpaired) electrons. The summed E-state index contributed by atoms with van der Waals surface area (Å²) in [6.45, 7) is 2.02. The number of rotatable bonds is 5. The van der Waals surface area contributed by atoms with E-state index in [-0.39, 0.29) is 5.82 Å². The molecule has 1 heterocycles. The van der Waals surface area contributed by atoms with Crippen LogP contribution in [0.4, 0.5) is 10.1 Å². The number of aromatic amines is 1. The molecule has 5 heteroatoms. The lowest BCUT2D eigenvalue weighted by molar-refractivity contribution is 0.356. The molecule has 1 aromatic heterocycles. The van der Waals surface area contributed by atoms with E-state index in [4.69, 9.17) is 11.6 Å². The standard InChI is InChI=1S/C22H24ClFN2S/c1-14-13-25-22-19(9-8-17(23)21(14)22)26-27-20-10-7-16(12-18(20)24)11-15-5-3-2-4-6-15/h7-10,12-13,15,25-26H,2-6,11H2,1H3. The van der Waals surface area contributed by atoms with Crippen molar-refractivity contribution in [1.29, 1.82) is 0 Å². The molecule has 2 nitrogen and oxygen atoms in total. The van der Waals surface area contributed by atoms with Gasteiger partial charge in [0.15, 0.2) is 0 Å². The Morgan fingerprint density at radius 1 is 1.19 bits per heavy atom. The summed E-state index contributed by atoms with van der Waals surface area (Å²) in [5.41, 5.74) is 4.06. The predicted octanol–water partition coefficient (Wildman–Crippen LogP) is 7.51. The van der Waals surface area contributed by atoms with Gasteiger partial charge in [0.25, 0.3) is 0 Å². The van der Waals surface area contributed by atoms with Crippen LogP contribution in [0.15, 0.2) is 41.4 Å². The van der Waals surface area contributed by atoms with Crippen molar-refractivity contribution in [1.82, 2.24) is 4.98 Å². The summed E-state index contributed by atoms with van der Waals surface area (Å²) < 4.78 is 17.9. The minimum absolute atomic E-state index is 0.159. The highest BCUT2D eigenvalue weighted by molar-refractivity contribution is 8.00. The van der Waals surface area contributed by atoms with Crippen molar-refractivity contribution in [3.05, 3.63) is 58.5 Å². The zero-order chi connectivity index (χ0) is 18.8. The van der Waals surface area contributed by atoms with Crippen LogP contribution >= 0.6 is 23.5 Å². The number of H-pyrrole nitrogens is 1. The molecule has 0 aliphatic heterocycles. The van der Waals surface area contributed by atoms with E-state index in [0.29, 0.717) is 10.8 Å². The first-order chi connectivity index (χ1) is 13.1. The summed E-state index contributed by atoms with van der Waals surface area (Å²) >= 11 is 7.60. The second kappa shape index (κ2) is 8.15. The lowest BCUT2D eigenvalue weighted by atomic mass is 9.85. The monoisotopic (exact) mass is 402 g/mol. The second-order valence-corrected chi connectivity index (χ2v) is 8.75. The lowest BCUT2D eigenvalue weighted by Crippen LogP contribution is -2.09. The van der Waals surface area contributed by atoms with Crippen molar-refractivity contribution in [2.75, 3.05) is 4.72 Å². The van der Waals surface area contributed by atoms with Crippen LogP contribution in [-0.4, -0.2) is 4.98 Å². The van der Waals surface area contributed by atoms with E-state index < -0.39 is 0 Å². The lowest BCUT2D eigenvalue weighted by Gasteiger charge is -2.21. The average Bonchev–Trinajstić information content (AvgIpc) is 3.06. The Hall–Kier alpha value is -1.65. The van der Waals surface area contributed by atoms with Gasteiger partial charge in [0, 0.05) is 11.6 Å². The van der Waals surface area contributed by atoms with Gasteiger partial charge in [-0.05, 0) is 66.6 Å². The van der Waals surface area contributed by atoms with Gasteiger partial charge in [-0.2, -0.15) is 0 Å². The van der Waals surface area contributed by atoms with Crippen LogP contribution < -0.4 is 4.72 Å². The molecule has 2 N–H and O–H groups in total. The predicted molar refractivity (Wildman–Crippen MR) is 114 cm³/mol. The van der Waals surface area contributed by atoms with Crippen LogP contribution in [0.3, 0.4) is 0 Å². The largest absolute Gasteiger partial charge is 0.359 e. The van der Waals surface area contributed by atoms with Gasteiger partial charge in [-0.1, -0.05) is 49.8 Å². The van der Waals surface area contributed by atoms with E-state index in [0.717, 1.165) is 39.2 Å². The van der Waals surface area contributed by atoms with Crippen LogP contribution in [0.25, 0.3) is 10.9 Å². The van der Waals surface area contributed by atoms with E-state index in [1.54, 1.807) is 6.07 Å². The summed E-state index contributed by atoms with van der Waals surface area (Å²) in [5, 5.41) is 1.73. The summed E-state index contributed by atoms with van der Waals surface area (Å²) in [7, 11) is 0. The van der Waals surface area contributed by atoms with Gasteiger partial charge in [0.05, 0.1) is 21.1 Å². The van der Waals surface area contributed by atoms with Gasteiger partial charge >= 0.3 is 0 Å². The third-order valence-corrected chi connectivity index (χ3v) is 6.69. The fraction of sp³-hybridized carbons (Fsp3) is 0.364. The van der Waals surface area contributed by atoms with E-state index in [1.807, 2.05) is 31.3 Å². The van der Waals surface area contributed by atoms with Crippen LogP contribution in [0, 0.1) is 18.7 Å². The van der Waals surface area contributed by atoms with Gasteiger partial charge in [-0.15, -0.1) is 0 Å². The Labute approximate surface area is 169 Å². The van der Waals surface area contributed by atoms with Crippen molar-refractivity contribution in [3.8, 4) is 0 Å². The quantitative estimate of drug-likeness (QED) is 0.432. The minimum atomic E-state index is -0.159.